The van der Waals surface area contributed by atoms with Crippen LogP contribution in [0.15, 0.2) is 29.2 Å². The SMILES string of the molecule is NC1(O)CCc2ccccc2S1. The predicted molar refractivity (Wildman–Crippen MR) is 49.8 cm³/mol. The van der Waals surface area contributed by atoms with Gasteiger partial charge in [-0.2, -0.15) is 0 Å². The lowest BCUT2D eigenvalue weighted by molar-refractivity contribution is 0.132. The average Bonchev–Trinajstić information content (AvgIpc) is 2.02. The molecule has 1 aliphatic rings. The number of hydrogen-bond donors (Lipinski definition) is 2. The third-order valence-corrected chi connectivity index (χ3v) is 3.19. The first-order valence-corrected chi connectivity index (χ1v) is 4.77. The van der Waals surface area contributed by atoms with Crippen molar-refractivity contribution in [3.63, 3.8) is 0 Å². The molecule has 0 amide bonds. The fourth-order valence-electron chi connectivity index (χ4n) is 1.37. The van der Waals surface area contributed by atoms with Crippen LogP contribution in [0.3, 0.4) is 0 Å². The summed E-state index contributed by atoms with van der Waals surface area (Å²) in [4.78, 5) is 1.11. The topological polar surface area (TPSA) is 46.2 Å². The molecule has 0 radical (unpaired) electrons. The first-order chi connectivity index (χ1) is 5.67. The van der Waals surface area contributed by atoms with Gasteiger partial charge in [0.05, 0.1) is 0 Å². The number of thioether (sulfide) groups is 1. The van der Waals surface area contributed by atoms with Crippen LogP contribution in [0.2, 0.25) is 0 Å². The Labute approximate surface area is 75.8 Å². The maximum Gasteiger partial charge on any atom is 0.166 e. The van der Waals surface area contributed by atoms with Crippen LogP contribution >= 0.6 is 11.8 Å². The van der Waals surface area contributed by atoms with Crippen molar-refractivity contribution in [2.24, 2.45) is 5.73 Å². The lowest BCUT2D eigenvalue weighted by Crippen LogP contribution is -2.37. The summed E-state index contributed by atoms with van der Waals surface area (Å²) in [6.07, 6.45) is 1.50. The van der Waals surface area contributed by atoms with Crippen molar-refractivity contribution in [3.8, 4) is 0 Å². The largest absolute Gasteiger partial charge is 0.366 e. The average molecular weight is 181 g/mol. The molecule has 1 atom stereocenters. The van der Waals surface area contributed by atoms with Gasteiger partial charge < -0.3 is 5.11 Å². The molecule has 12 heavy (non-hydrogen) atoms. The Balaban J connectivity index is 2.35. The molecule has 0 aliphatic carbocycles. The van der Waals surface area contributed by atoms with Gasteiger partial charge in [-0.05, 0) is 18.1 Å². The number of benzene rings is 1. The van der Waals surface area contributed by atoms with Crippen LogP contribution in [0.4, 0.5) is 0 Å². The third-order valence-electron chi connectivity index (χ3n) is 2.01. The van der Waals surface area contributed by atoms with Crippen LogP contribution in [0.5, 0.6) is 0 Å². The molecule has 1 aliphatic heterocycles. The van der Waals surface area contributed by atoms with Gasteiger partial charge in [-0.15, -0.1) is 0 Å². The maximum absolute atomic E-state index is 9.56. The Bertz CT molecular complexity index is 298. The maximum atomic E-state index is 9.56. The lowest BCUT2D eigenvalue weighted by Gasteiger charge is -2.28. The fourth-order valence-corrected chi connectivity index (χ4v) is 2.40. The van der Waals surface area contributed by atoms with E-state index in [2.05, 4.69) is 6.07 Å². The zero-order chi connectivity index (χ0) is 8.60. The van der Waals surface area contributed by atoms with Gasteiger partial charge in [0.25, 0.3) is 0 Å². The van der Waals surface area contributed by atoms with Crippen molar-refractivity contribution < 1.29 is 5.11 Å². The van der Waals surface area contributed by atoms with Crippen molar-refractivity contribution in [2.75, 3.05) is 0 Å². The standard InChI is InChI=1S/C9H11NOS/c10-9(11)6-5-7-3-1-2-4-8(7)12-9/h1-4,11H,5-6,10H2. The zero-order valence-corrected chi connectivity index (χ0v) is 7.47. The van der Waals surface area contributed by atoms with E-state index in [9.17, 15) is 5.11 Å². The van der Waals surface area contributed by atoms with Gasteiger partial charge in [0, 0.05) is 11.3 Å². The van der Waals surface area contributed by atoms with Crippen molar-refractivity contribution in [2.45, 2.75) is 22.8 Å². The molecule has 0 saturated heterocycles. The van der Waals surface area contributed by atoms with Crippen molar-refractivity contribution in [1.82, 2.24) is 0 Å². The van der Waals surface area contributed by atoms with Crippen LogP contribution in [0.25, 0.3) is 0 Å². The smallest absolute Gasteiger partial charge is 0.166 e. The van der Waals surface area contributed by atoms with Crippen molar-refractivity contribution >= 4 is 11.8 Å². The van der Waals surface area contributed by atoms with Gasteiger partial charge in [-0.25, -0.2) is 0 Å². The molecule has 1 aromatic rings. The number of aryl methyl sites for hydroxylation is 1. The van der Waals surface area contributed by atoms with E-state index in [1.807, 2.05) is 18.2 Å². The normalized spacial score (nSPS) is 28.2. The molecule has 0 aromatic heterocycles. The van der Waals surface area contributed by atoms with Gasteiger partial charge in [-0.1, -0.05) is 30.0 Å². The van der Waals surface area contributed by atoms with Gasteiger partial charge in [0.15, 0.2) is 5.06 Å². The van der Waals surface area contributed by atoms with E-state index in [4.69, 9.17) is 5.73 Å². The molecule has 1 aromatic carbocycles. The van der Waals surface area contributed by atoms with E-state index < -0.39 is 5.06 Å². The van der Waals surface area contributed by atoms with Crippen LogP contribution < -0.4 is 5.73 Å². The Morgan fingerprint density at radius 1 is 1.42 bits per heavy atom. The summed E-state index contributed by atoms with van der Waals surface area (Å²) in [6.45, 7) is 0. The van der Waals surface area contributed by atoms with Gasteiger partial charge in [0.1, 0.15) is 0 Å². The number of nitrogens with two attached hydrogens (primary N) is 1. The molecule has 0 spiro atoms. The molecule has 1 heterocycles. The number of aliphatic hydroxyl groups is 1. The Kier molecular flexibility index (Phi) is 1.87. The Hall–Kier alpha value is -0.510. The Morgan fingerprint density at radius 3 is 3.00 bits per heavy atom. The molecule has 2 nitrogen and oxygen atoms in total. The van der Waals surface area contributed by atoms with E-state index in [0.29, 0.717) is 6.42 Å². The van der Waals surface area contributed by atoms with Crippen LogP contribution in [-0.4, -0.2) is 10.2 Å². The minimum atomic E-state index is -1.06. The summed E-state index contributed by atoms with van der Waals surface area (Å²) >= 11 is 1.35. The summed E-state index contributed by atoms with van der Waals surface area (Å²) in [6, 6.07) is 8.06. The van der Waals surface area contributed by atoms with Crippen molar-refractivity contribution in [3.05, 3.63) is 29.8 Å². The van der Waals surface area contributed by atoms with Crippen LogP contribution in [0.1, 0.15) is 12.0 Å². The minimum Gasteiger partial charge on any atom is -0.366 e. The second-order valence-corrected chi connectivity index (χ2v) is 4.41. The molecular weight excluding hydrogens is 170 g/mol. The fraction of sp³-hybridized carbons (Fsp3) is 0.333. The van der Waals surface area contributed by atoms with Crippen LogP contribution in [0, 0.1) is 0 Å². The first-order valence-electron chi connectivity index (χ1n) is 3.95. The quantitative estimate of drug-likeness (QED) is 0.593. The number of rotatable bonds is 0. The van der Waals surface area contributed by atoms with E-state index in [-0.39, 0.29) is 0 Å². The highest BCUT2D eigenvalue weighted by Crippen LogP contribution is 2.37. The van der Waals surface area contributed by atoms with Gasteiger partial charge >= 0.3 is 0 Å². The highest BCUT2D eigenvalue weighted by molar-refractivity contribution is 8.00. The second-order valence-electron chi connectivity index (χ2n) is 3.05. The van der Waals surface area contributed by atoms with Gasteiger partial charge in [0.2, 0.25) is 0 Å². The highest BCUT2D eigenvalue weighted by Gasteiger charge is 2.27. The van der Waals surface area contributed by atoms with Gasteiger partial charge in [-0.3, -0.25) is 5.73 Å². The van der Waals surface area contributed by atoms with E-state index >= 15 is 0 Å². The molecule has 0 saturated carbocycles. The minimum absolute atomic E-state index is 0.634. The lowest BCUT2D eigenvalue weighted by atomic mass is 10.1. The van der Waals surface area contributed by atoms with Crippen LogP contribution in [-0.2, 0) is 6.42 Å². The molecule has 0 fully saturated rings. The summed E-state index contributed by atoms with van der Waals surface area (Å²) in [5.74, 6) is 0. The summed E-state index contributed by atoms with van der Waals surface area (Å²) < 4.78 is 0. The summed E-state index contributed by atoms with van der Waals surface area (Å²) in [5.41, 5.74) is 6.90. The second kappa shape index (κ2) is 2.76. The molecule has 1 unspecified atom stereocenters. The molecule has 64 valence electrons. The first kappa shape index (κ1) is 8.10. The number of hydrogen-bond acceptors (Lipinski definition) is 3. The van der Waals surface area contributed by atoms with E-state index in [1.165, 1.54) is 17.3 Å². The number of fused-ring (bicyclic) bond motifs is 1. The molecule has 3 heteroatoms. The monoisotopic (exact) mass is 181 g/mol. The summed E-state index contributed by atoms with van der Waals surface area (Å²) in [7, 11) is 0. The van der Waals surface area contributed by atoms with Crippen molar-refractivity contribution in [1.29, 1.82) is 0 Å². The van der Waals surface area contributed by atoms with E-state index in [0.717, 1.165) is 11.3 Å². The Morgan fingerprint density at radius 2 is 2.17 bits per heavy atom. The third kappa shape index (κ3) is 1.48. The molecule has 0 bridgehead atoms. The zero-order valence-electron chi connectivity index (χ0n) is 6.66. The highest BCUT2D eigenvalue weighted by atomic mass is 32.2. The molecule has 3 N–H and O–H groups in total. The summed E-state index contributed by atoms with van der Waals surface area (Å²) in [5, 5.41) is 8.50. The molecular formula is C9H11NOS. The van der Waals surface area contributed by atoms with E-state index in [1.54, 1.807) is 0 Å². The molecule has 2 rings (SSSR count). The predicted octanol–water partition coefficient (Wildman–Crippen LogP) is 1.33.